The van der Waals surface area contributed by atoms with Gasteiger partial charge < -0.3 is 15.4 Å². The zero-order valence-electron chi connectivity index (χ0n) is 12.2. The van der Waals surface area contributed by atoms with E-state index < -0.39 is 6.09 Å². The number of carbonyl (C=O) groups excluding carboxylic acids is 2. The molecule has 0 unspecified atom stereocenters. The van der Waals surface area contributed by atoms with Gasteiger partial charge in [0.25, 0.3) is 5.91 Å². The molecule has 0 saturated carbocycles. The zero-order chi connectivity index (χ0) is 15.8. The fourth-order valence-corrected chi connectivity index (χ4v) is 1.84. The molecule has 0 atom stereocenters. The highest BCUT2D eigenvalue weighted by molar-refractivity contribution is 5.88. The molecule has 0 aliphatic carbocycles. The van der Waals surface area contributed by atoms with E-state index in [0.29, 0.717) is 0 Å². The second-order valence-corrected chi connectivity index (χ2v) is 4.43. The number of alkyl carbamates (subject to hydrolysis) is 1. The first kappa shape index (κ1) is 15.4. The van der Waals surface area contributed by atoms with E-state index in [0.717, 1.165) is 16.3 Å². The van der Waals surface area contributed by atoms with Gasteiger partial charge in [0.05, 0.1) is 6.54 Å². The summed E-state index contributed by atoms with van der Waals surface area (Å²) in [4.78, 5) is 22.2. The van der Waals surface area contributed by atoms with Gasteiger partial charge in [-0.2, -0.15) is 0 Å². The Labute approximate surface area is 128 Å². The van der Waals surface area contributed by atoms with E-state index in [9.17, 15) is 9.59 Å². The predicted molar refractivity (Wildman–Crippen MR) is 84.2 cm³/mol. The van der Waals surface area contributed by atoms with E-state index in [4.69, 9.17) is 0 Å². The minimum atomic E-state index is -0.671. The maximum absolute atomic E-state index is 11.3. The Morgan fingerprint density at radius 1 is 1.14 bits per heavy atom. The van der Waals surface area contributed by atoms with Crippen LogP contribution in [0.25, 0.3) is 10.8 Å². The zero-order valence-corrected chi connectivity index (χ0v) is 12.2. The van der Waals surface area contributed by atoms with Gasteiger partial charge in [-0.25, -0.2) is 4.79 Å². The van der Waals surface area contributed by atoms with Gasteiger partial charge in [0.1, 0.15) is 0 Å². The summed E-state index contributed by atoms with van der Waals surface area (Å²) in [6.07, 6.45) is -0.671. The van der Waals surface area contributed by atoms with Crippen LogP contribution >= 0.6 is 0 Å². The summed E-state index contributed by atoms with van der Waals surface area (Å²) in [5, 5.41) is 7.01. The molecule has 2 aromatic rings. The fraction of sp³-hybridized carbons (Fsp3) is 0.176. The van der Waals surface area contributed by atoms with Gasteiger partial charge in [0.15, 0.2) is 6.61 Å². The molecule has 22 heavy (non-hydrogen) atoms. The van der Waals surface area contributed by atoms with E-state index in [1.54, 1.807) is 0 Å². The summed E-state index contributed by atoms with van der Waals surface area (Å²) < 4.78 is 4.69. The van der Waals surface area contributed by atoms with Crippen molar-refractivity contribution in [3.8, 4) is 11.8 Å². The minimum Gasteiger partial charge on any atom is -0.439 e. The topological polar surface area (TPSA) is 67.4 Å². The minimum absolute atomic E-state index is 0.149. The number of ether oxygens (including phenoxy) is 1. The molecule has 0 fully saturated rings. The number of likely N-dealkylation sites (N-methyl/N-ethyl adjacent to an activating group) is 1. The highest BCUT2D eigenvalue weighted by Gasteiger charge is 2.03. The second kappa shape index (κ2) is 7.70. The molecule has 2 amide bonds. The van der Waals surface area contributed by atoms with Crippen LogP contribution in [0, 0.1) is 11.8 Å². The lowest BCUT2D eigenvalue weighted by atomic mass is 10.1. The van der Waals surface area contributed by atoms with Gasteiger partial charge >= 0.3 is 6.09 Å². The molecule has 0 aliphatic rings. The Bertz CT molecular complexity index is 739. The van der Waals surface area contributed by atoms with E-state index in [-0.39, 0.29) is 19.1 Å². The van der Waals surface area contributed by atoms with Gasteiger partial charge in [-0.15, -0.1) is 0 Å². The molecular formula is C17H16N2O3. The molecule has 0 aliphatic heterocycles. The van der Waals surface area contributed by atoms with Crippen LogP contribution in [-0.4, -0.2) is 32.2 Å². The summed E-state index contributed by atoms with van der Waals surface area (Å²) in [6.45, 7) is -0.158. The highest BCUT2D eigenvalue weighted by atomic mass is 16.6. The quantitative estimate of drug-likeness (QED) is 0.847. The van der Waals surface area contributed by atoms with E-state index in [2.05, 4.69) is 27.2 Å². The van der Waals surface area contributed by atoms with Crippen LogP contribution in [0.2, 0.25) is 0 Å². The molecule has 5 heteroatoms. The average Bonchev–Trinajstić information content (AvgIpc) is 2.56. The van der Waals surface area contributed by atoms with Crippen molar-refractivity contribution in [1.82, 2.24) is 10.6 Å². The van der Waals surface area contributed by atoms with Gasteiger partial charge in [0, 0.05) is 12.6 Å². The third-order valence-corrected chi connectivity index (χ3v) is 2.95. The molecule has 0 aromatic heterocycles. The molecule has 112 valence electrons. The van der Waals surface area contributed by atoms with Crippen molar-refractivity contribution in [2.24, 2.45) is 0 Å². The van der Waals surface area contributed by atoms with E-state index in [1.165, 1.54) is 7.05 Å². The molecule has 2 aromatic carbocycles. The van der Waals surface area contributed by atoms with Crippen molar-refractivity contribution in [3.63, 3.8) is 0 Å². The molecule has 2 N–H and O–H groups in total. The van der Waals surface area contributed by atoms with Crippen molar-refractivity contribution < 1.29 is 14.3 Å². The number of hydrogen-bond donors (Lipinski definition) is 2. The van der Waals surface area contributed by atoms with Crippen LogP contribution < -0.4 is 10.6 Å². The van der Waals surface area contributed by atoms with Crippen LogP contribution in [0.4, 0.5) is 4.79 Å². The fourth-order valence-electron chi connectivity index (χ4n) is 1.84. The van der Waals surface area contributed by atoms with Crippen LogP contribution in [0.5, 0.6) is 0 Å². The molecule has 0 radical (unpaired) electrons. The van der Waals surface area contributed by atoms with Crippen molar-refractivity contribution >= 4 is 22.8 Å². The van der Waals surface area contributed by atoms with Gasteiger partial charge in [-0.3, -0.25) is 4.79 Å². The first-order valence-electron chi connectivity index (χ1n) is 6.78. The summed E-state index contributed by atoms with van der Waals surface area (Å²) in [5.74, 6) is 5.52. The molecule has 0 spiro atoms. The maximum Gasteiger partial charge on any atom is 0.408 e. The summed E-state index contributed by atoms with van der Waals surface area (Å²) in [7, 11) is 1.47. The molecule has 0 heterocycles. The van der Waals surface area contributed by atoms with Gasteiger partial charge in [0.2, 0.25) is 0 Å². The van der Waals surface area contributed by atoms with E-state index in [1.807, 2.05) is 42.5 Å². The third kappa shape index (κ3) is 4.25. The second-order valence-electron chi connectivity index (χ2n) is 4.43. The molecule has 0 saturated heterocycles. The highest BCUT2D eigenvalue weighted by Crippen LogP contribution is 2.17. The van der Waals surface area contributed by atoms with Crippen LogP contribution in [0.15, 0.2) is 42.5 Å². The van der Waals surface area contributed by atoms with Crippen LogP contribution in [-0.2, 0) is 9.53 Å². The molecule has 0 bridgehead atoms. The molecule has 2 rings (SSSR count). The number of benzene rings is 2. The van der Waals surface area contributed by atoms with Crippen molar-refractivity contribution in [2.75, 3.05) is 20.2 Å². The lowest BCUT2D eigenvalue weighted by Crippen LogP contribution is -2.30. The molecular weight excluding hydrogens is 280 g/mol. The number of nitrogens with one attached hydrogen (secondary N) is 2. The number of fused-ring (bicyclic) bond motifs is 1. The first-order chi connectivity index (χ1) is 10.7. The number of amides is 2. The van der Waals surface area contributed by atoms with Crippen molar-refractivity contribution in [2.45, 2.75) is 0 Å². The Morgan fingerprint density at radius 3 is 2.73 bits per heavy atom. The number of carbonyl (C=O) groups is 2. The smallest absolute Gasteiger partial charge is 0.408 e. The SMILES string of the molecule is CNC(=O)COC(=O)NCC#Cc1cccc2ccccc12. The lowest BCUT2D eigenvalue weighted by molar-refractivity contribution is -0.123. The maximum atomic E-state index is 11.3. The average molecular weight is 296 g/mol. The summed E-state index contributed by atoms with van der Waals surface area (Å²) >= 11 is 0. The third-order valence-electron chi connectivity index (χ3n) is 2.95. The monoisotopic (exact) mass is 296 g/mol. The van der Waals surface area contributed by atoms with Crippen LogP contribution in [0.1, 0.15) is 5.56 Å². The predicted octanol–water partition coefficient (Wildman–Crippen LogP) is 1.66. The normalized spacial score (nSPS) is 9.50. The van der Waals surface area contributed by atoms with E-state index >= 15 is 0 Å². The standard InChI is InChI=1S/C17H16N2O3/c1-18-16(20)12-22-17(21)19-11-5-9-14-8-4-7-13-6-2-3-10-15(13)14/h2-4,6-8,10H,11-12H2,1H3,(H,18,20)(H,19,21). The van der Waals surface area contributed by atoms with Crippen molar-refractivity contribution in [1.29, 1.82) is 0 Å². The Balaban J connectivity index is 1.91. The first-order valence-corrected chi connectivity index (χ1v) is 6.78. The van der Waals surface area contributed by atoms with Gasteiger partial charge in [-0.05, 0) is 16.8 Å². The number of hydrogen-bond acceptors (Lipinski definition) is 3. The largest absolute Gasteiger partial charge is 0.439 e. The van der Waals surface area contributed by atoms with Crippen molar-refractivity contribution in [3.05, 3.63) is 48.0 Å². The summed E-state index contributed by atoms with van der Waals surface area (Å²) in [6, 6.07) is 13.9. The van der Waals surface area contributed by atoms with Gasteiger partial charge in [-0.1, -0.05) is 48.2 Å². The number of rotatable bonds is 3. The Kier molecular flexibility index (Phi) is 5.38. The molecule has 5 nitrogen and oxygen atoms in total. The Hall–Kier alpha value is -3.00. The van der Waals surface area contributed by atoms with Crippen LogP contribution in [0.3, 0.4) is 0 Å². The summed E-state index contributed by atoms with van der Waals surface area (Å²) in [5.41, 5.74) is 0.902. The Morgan fingerprint density at radius 2 is 1.91 bits per heavy atom. The lowest BCUT2D eigenvalue weighted by Gasteiger charge is -2.03.